The Labute approximate surface area is 159 Å². The van der Waals surface area contributed by atoms with E-state index >= 15 is 0 Å². The largest absolute Gasteiger partial charge is 0.347 e. The number of carbonyl (C=O) groups excluding carboxylic acids is 2. The van der Waals surface area contributed by atoms with Gasteiger partial charge in [-0.15, -0.1) is 0 Å². The van der Waals surface area contributed by atoms with Crippen molar-refractivity contribution in [2.24, 2.45) is 0 Å². The molecule has 7 nitrogen and oxygen atoms in total. The number of carbonyl (C=O) groups is 2. The van der Waals surface area contributed by atoms with Crippen molar-refractivity contribution in [3.8, 4) is 0 Å². The van der Waals surface area contributed by atoms with E-state index in [0.717, 1.165) is 5.56 Å². The van der Waals surface area contributed by atoms with Crippen LogP contribution in [0.3, 0.4) is 0 Å². The fraction of sp³-hybridized carbons (Fsp3) is 0.263. The monoisotopic (exact) mass is 389 g/mol. The van der Waals surface area contributed by atoms with Gasteiger partial charge in [-0.3, -0.25) is 14.3 Å². The first kappa shape index (κ1) is 20.4. The van der Waals surface area contributed by atoms with Gasteiger partial charge in [0.05, 0.1) is 11.4 Å². The number of likely N-dealkylation sites (N-methyl/N-ethyl adjacent to an activating group) is 2. The molecule has 0 fully saturated rings. The Balaban J connectivity index is 2.23. The zero-order valence-electron chi connectivity index (χ0n) is 15.8. The summed E-state index contributed by atoms with van der Waals surface area (Å²) in [7, 11) is 0.856. The van der Waals surface area contributed by atoms with Crippen LogP contribution in [0.4, 0.5) is 5.69 Å². The number of nitrogens with zero attached hydrogens (tertiary/aromatic N) is 2. The maximum Gasteiger partial charge on any atom is 0.261 e. The summed E-state index contributed by atoms with van der Waals surface area (Å²) in [6, 6.07) is 12.7. The molecule has 2 aromatic carbocycles. The Morgan fingerprint density at radius 2 is 1.67 bits per heavy atom. The average molecular weight is 389 g/mol. The molecule has 1 N–H and O–H groups in total. The van der Waals surface area contributed by atoms with Crippen LogP contribution in [0.5, 0.6) is 0 Å². The molecule has 0 aliphatic heterocycles. The van der Waals surface area contributed by atoms with Crippen LogP contribution in [0.15, 0.2) is 53.4 Å². The van der Waals surface area contributed by atoms with Crippen molar-refractivity contribution >= 4 is 27.5 Å². The van der Waals surface area contributed by atoms with Gasteiger partial charge in [0.1, 0.15) is 0 Å². The molecule has 27 heavy (non-hydrogen) atoms. The van der Waals surface area contributed by atoms with Crippen LogP contribution in [0, 0.1) is 6.92 Å². The number of hydrogen-bond acceptors (Lipinski definition) is 4. The summed E-state index contributed by atoms with van der Waals surface area (Å²) >= 11 is 0. The second-order valence-corrected chi connectivity index (χ2v) is 8.13. The minimum absolute atomic E-state index is 0.0257. The van der Waals surface area contributed by atoms with Crippen molar-refractivity contribution in [1.82, 2.24) is 9.80 Å². The predicted octanol–water partition coefficient (Wildman–Crippen LogP) is 1.96. The van der Waals surface area contributed by atoms with Gasteiger partial charge in [0.25, 0.3) is 15.9 Å². The third-order valence-corrected chi connectivity index (χ3v) is 5.26. The molecule has 0 aromatic heterocycles. The average Bonchev–Trinajstić information content (AvgIpc) is 2.60. The van der Waals surface area contributed by atoms with E-state index in [9.17, 15) is 18.0 Å². The number of nitrogens with one attached hydrogen (secondary N) is 1. The number of sulfonamides is 1. The number of rotatable bonds is 6. The van der Waals surface area contributed by atoms with Gasteiger partial charge < -0.3 is 9.80 Å². The Morgan fingerprint density at radius 1 is 1.00 bits per heavy atom. The molecule has 2 rings (SSSR count). The molecule has 2 amide bonds. The van der Waals surface area contributed by atoms with Gasteiger partial charge in [-0.1, -0.05) is 18.2 Å². The van der Waals surface area contributed by atoms with E-state index in [0.29, 0.717) is 5.69 Å². The molecule has 0 bridgehead atoms. The molecule has 144 valence electrons. The molecule has 0 spiro atoms. The second-order valence-electron chi connectivity index (χ2n) is 6.45. The highest BCUT2D eigenvalue weighted by Crippen LogP contribution is 2.18. The molecular weight excluding hydrogens is 366 g/mol. The quantitative estimate of drug-likeness (QED) is 0.818. The lowest BCUT2D eigenvalue weighted by atomic mass is 10.2. The van der Waals surface area contributed by atoms with Crippen molar-refractivity contribution in [2.45, 2.75) is 11.8 Å². The lowest BCUT2D eigenvalue weighted by molar-refractivity contribution is -0.129. The Hall–Kier alpha value is -2.87. The second kappa shape index (κ2) is 8.22. The predicted molar refractivity (Wildman–Crippen MR) is 104 cm³/mol. The minimum atomic E-state index is -3.84. The normalized spacial score (nSPS) is 11.0. The third-order valence-electron chi connectivity index (χ3n) is 3.88. The van der Waals surface area contributed by atoms with Gasteiger partial charge >= 0.3 is 0 Å². The van der Waals surface area contributed by atoms with E-state index in [-0.39, 0.29) is 22.9 Å². The van der Waals surface area contributed by atoms with E-state index < -0.39 is 15.9 Å². The van der Waals surface area contributed by atoms with Crippen molar-refractivity contribution in [3.63, 3.8) is 0 Å². The molecule has 0 saturated carbocycles. The highest BCUT2D eigenvalue weighted by molar-refractivity contribution is 7.92. The summed E-state index contributed by atoms with van der Waals surface area (Å²) in [5, 5.41) is 0. The first-order chi connectivity index (χ1) is 12.6. The summed E-state index contributed by atoms with van der Waals surface area (Å²) < 4.78 is 27.8. The fourth-order valence-electron chi connectivity index (χ4n) is 2.36. The number of amides is 2. The topological polar surface area (TPSA) is 86.8 Å². The van der Waals surface area contributed by atoms with Crippen molar-refractivity contribution < 1.29 is 18.0 Å². The van der Waals surface area contributed by atoms with Gasteiger partial charge in [-0.05, 0) is 42.8 Å². The van der Waals surface area contributed by atoms with Crippen LogP contribution < -0.4 is 4.72 Å². The van der Waals surface area contributed by atoms with Gasteiger partial charge in [-0.25, -0.2) is 8.42 Å². The molecule has 0 atom stereocenters. The van der Waals surface area contributed by atoms with Crippen LogP contribution in [0.25, 0.3) is 0 Å². The first-order valence-electron chi connectivity index (χ1n) is 8.25. The summed E-state index contributed by atoms with van der Waals surface area (Å²) in [5.74, 6) is -0.659. The Bertz CT molecular complexity index is 955. The van der Waals surface area contributed by atoms with Crippen LogP contribution in [0.1, 0.15) is 15.9 Å². The number of anilines is 1. The highest BCUT2D eigenvalue weighted by Gasteiger charge is 2.20. The number of hydrogen-bond donors (Lipinski definition) is 1. The van der Waals surface area contributed by atoms with Crippen molar-refractivity contribution in [3.05, 3.63) is 59.7 Å². The molecule has 0 aliphatic carbocycles. The van der Waals surface area contributed by atoms with Gasteiger partial charge in [0, 0.05) is 32.4 Å². The maximum absolute atomic E-state index is 12.6. The summed E-state index contributed by atoms with van der Waals surface area (Å²) in [6.45, 7) is 1.77. The molecule has 0 heterocycles. The summed E-state index contributed by atoms with van der Waals surface area (Å²) in [4.78, 5) is 26.9. The first-order valence-corrected chi connectivity index (χ1v) is 9.73. The van der Waals surface area contributed by atoms with Gasteiger partial charge in [0.2, 0.25) is 5.91 Å². The highest BCUT2D eigenvalue weighted by atomic mass is 32.2. The zero-order chi connectivity index (χ0) is 20.2. The maximum atomic E-state index is 12.6. The standard InChI is InChI=1S/C19H23N3O4S/c1-14-7-5-9-16(11-14)20-27(25,26)17-10-6-8-15(12-17)19(24)22(4)13-18(23)21(2)3/h5-12,20H,13H2,1-4H3. The number of aryl methyl sites for hydroxylation is 1. The van der Waals surface area contributed by atoms with Crippen LogP contribution in [0.2, 0.25) is 0 Å². The van der Waals surface area contributed by atoms with Gasteiger partial charge in [0.15, 0.2) is 0 Å². The lowest BCUT2D eigenvalue weighted by Crippen LogP contribution is -2.37. The molecule has 0 saturated heterocycles. The van der Waals surface area contributed by atoms with E-state index in [1.165, 1.54) is 41.1 Å². The van der Waals surface area contributed by atoms with E-state index in [1.807, 2.05) is 13.0 Å². The smallest absolute Gasteiger partial charge is 0.261 e. The van der Waals surface area contributed by atoms with E-state index in [1.54, 1.807) is 32.3 Å². The fourth-order valence-corrected chi connectivity index (χ4v) is 3.45. The van der Waals surface area contributed by atoms with Crippen LogP contribution >= 0.6 is 0 Å². The van der Waals surface area contributed by atoms with Crippen LogP contribution in [-0.4, -0.2) is 57.7 Å². The molecule has 2 aromatic rings. The lowest BCUT2D eigenvalue weighted by Gasteiger charge is -2.19. The molecule has 8 heteroatoms. The molecular formula is C19H23N3O4S. The third kappa shape index (κ3) is 5.30. The summed E-state index contributed by atoms with van der Waals surface area (Å²) in [5.41, 5.74) is 1.56. The van der Waals surface area contributed by atoms with Gasteiger partial charge in [-0.2, -0.15) is 0 Å². The minimum Gasteiger partial charge on any atom is -0.347 e. The Morgan fingerprint density at radius 3 is 2.30 bits per heavy atom. The SMILES string of the molecule is Cc1cccc(NS(=O)(=O)c2cccc(C(=O)N(C)CC(=O)N(C)C)c2)c1. The van der Waals surface area contributed by atoms with E-state index in [4.69, 9.17) is 0 Å². The number of benzene rings is 2. The molecule has 0 unspecified atom stereocenters. The van der Waals surface area contributed by atoms with Crippen LogP contribution in [-0.2, 0) is 14.8 Å². The molecule has 0 radical (unpaired) electrons. The zero-order valence-corrected chi connectivity index (χ0v) is 16.6. The molecule has 0 aliphatic rings. The van der Waals surface area contributed by atoms with Crippen molar-refractivity contribution in [1.29, 1.82) is 0 Å². The Kier molecular flexibility index (Phi) is 6.22. The summed E-state index contributed by atoms with van der Waals surface area (Å²) in [6.07, 6.45) is 0. The van der Waals surface area contributed by atoms with E-state index in [2.05, 4.69) is 4.72 Å². The van der Waals surface area contributed by atoms with Crippen molar-refractivity contribution in [2.75, 3.05) is 32.4 Å².